The lowest BCUT2D eigenvalue weighted by Gasteiger charge is -2.24. The number of benzene rings is 2. The highest BCUT2D eigenvalue weighted by Crippen LogP contribution is 2.37. The minimum absolute atomic E-state index is 0.185. The van der Waals surface area contributed by atoms with Crippen molar-refractivity contribution in [2.24, 2.45) is 0 Å². The number of aromatic nitrogens is 2. The van der Waals surface area contributed by atoms with E-state index in [1.807, 2.05) is 12.1 Å². The average molecular weight is 506 g/mol. The molecule has 3 heterocycles. The van der Waals surface area contributed by atoms with E-state index in [1.165, 1.54) is 16.2 Å². The molecule has 2 aromatic carbocycles. The molecule has 0 bridgehead atoms. The molecule has 3 amide bonds. The van der Waals surface area contributed by atoms with Crippen molar-refractivity contribution in [3.8, 4) is 22.1 Å². The van der Waals surface area contributed by atoms with Gasteiger partial charge in [-0.1, -0.05) is 40.6 Å². The third-order valence-corrected chi connectivity index (χ3v) is 6.80. The van der Waals surface area contributed by atoms with Gasteiger partial charge in [-0.3, -0.25) is 10.1 Å². The number of carbonyl (C=O) groups excluding carboxylic acids is 2. The molecule has 170 valence electrons. The summed E-state index contributed by atoms with van der Waals surface area (Å²) in [5.74, 6) is 0.982. The number of hydrogen-bond acceptors (Lipinski definition) is 7. The molecule has 2 aliphatic heterocycles. The van der Waals surface area contributed by atoms with Crippen molar-refractivity contribution in [1.82, 2.24) is 15.1 Å². The number of likely N-dealkylation sites (tertiary alicyclic amines) is 1. The molecule has 1 saturated heterocycles. The normalized spacial score (nSPS) is 16.7. The summed E-state index contributed by atoms with van der Waals surface area (Å²) in [7, 11) is 0. The average Bonchev–Trinajstić information content (AvgIpc) is 3.56. The highest BCUT2D eigenvalue weighted by Gasteiger charge is 2.35. The number of para-hydroxylation sites is 1. The number of nitrogens with one attached hydrogen (secondary N) is 2. The zero-order chi connectivity index (χ0) is 22.9. The molecular weight excluding hydrogens is 489 g/mol. The maximum Gasteiger partial charge on any atom is 0.322 e. The van der Waals surface area contributed by atoms with Crippen molar-refractivity contribution in [2.45, 2.75) is 18.9 Å². The molecule has 2 aliphatic rings. The number of ether oxygens (including phenoxy) is 2. The maximum atomic E-state index is 12.9. The molecule has 0 unspecified atom stereocenters. The standard InChI is InChI=1S/C21H17Cl2N5O4S/c22-12-3-1-4-13(23)17(12)24-21(30)28-8-2-5-14(28)18(29)25-20-27-26-19(33-20)11-6-7-15-16(9-11)32-10-31-15/h1,3-4,6-7,9,14H,2,5,8,10H2,(H,24,30)(H,25,27,29)/t14-/m1/s1. The van der Waals surface area contributed by atoms with Crippen LogP contribution in [0.1, 0.15) is 12.8 Å². The van der Waals surface area contributed by atoms with Gasteiger partial charge in [0, 0.05) is 12.1 Å². The van der Waals surface area contributed by atoms with Crippen molar-refractivity contribution in [3.63, 3.8) is 0 Å². The van der Waals surface area contributed by atoms with Crippen molar-refractivity contribution in [2.75, 3.05) is 24.0 Å². The first-order valence-electron chi connectivity index (χ1n) is 10.1. The van der Waals surface area contributed by atoms with E-state index < -0.39 is 12.1 Å². The number of anilines is 2. The summed E-state index contributed by atoms with van der Waals surface area (Å²) >= 11 is 13.5. The summed E-state index contributed by atoms with van der Waals surface area (Å²) in [5.41, 5.74) is 1.12. The summed E-state index contributed by atoms with van der Waals surface area (Å²) in [6.07, 6.45) is 1.23. The molecule has 0 radical (unpaired) electrons. The fourth-order valence-electron chi connectivity index (χ4n) is 3.69. The summed E-state index contributed by atoms with van der Waals surface area (Å²) in [6.45, 7) is 0.620. The van der Waals surface area contributed by atoms with Crippen molar-refractivity contribution in [1.29, 1.82) is 0 Å². The predicted octanol–water partition coefficient (Wildman–Crippen LogP) is 4.88. The second kappa shape index (κ2) is 9.05. The van der Waals surface area contributed by atoms with Crippen LogP contribution in [0.4, 0.5) is 15.6 Å². The van der Waals surface area contributed by atoms with Gasteiger partial charge >= 0.3 is 6.03 Å². The Kier molecular flexibility index (Phi) is 5.96. The Morgan fingerprint density at radius 1 is 1.06 bits per heavy atom. The molecule has 2 N–H and O–H groups in total. The Labute approximate surface area is 202 Å². The zero-order valence-corrected chi connectivity index (χ0v) is 19.3. The first-order valence-corrected chi connectivity index (χ1v) is 11.6. The van der Waals surface area contributed by atoms with E-state index in [0.29, 0.717) is 56.8 Å². The molecule has 0 aliphatic carbocycles. The minimum atomic E-state index is -0.649. The smallest absolute Gasteiger partial charge is 0.322 e. The number of urea groups is 1. The van der Waals surface area contributed by atoms with E-state index in [4.69, 9.17) is 32.7 Å². The molecule has 12 heteroatoms. The van der Waals surface area contributed by atoms with Crippen molar-refractivity contribution >= 4 is 57.3 Å². The lowest BCUT2D eigenvalue weighted by atomic mass is 10.2. The lowest BCUT2D eigenvalue weighted by molar-refractivity contribution is -0.119. The molecular formula is C21H17Cl2N5O4S. The van der Waals surface area contributed by atoms with E-state index in [0.717, 1.165) is 5.56 Å². The van der Waals surface area contributed by atoms with Gasteiger partial charge in [0.15, 0.2) is 11.5 Å². The molecule has 1 aromatic heterocycles. The van der Waals surface area contributed by atoms with Gasteiger partial charge in [0.25, 0.3) is 0 Å². The van der Waals surface area contributed by atoms with Crippen LogP contribution in [0.25, 0.3) is 10.6 Å². The van der Waals surface area contributed by atoms with Crippen LogP contribution in [0.3, 0.4) is 0 Å². The fourth-order valence-corrected chi connectivity index (χ4v) is 4.92. The number of carbonyl (C=O) groups is 2. The Morgan fingerprint density at radius 3 is 2.67 bits per heavy atom. The van der Waals surface area contributed by atoms with Crippen LogP contribution >= 0.6 is 34.5 Å². The largest absolute Gasteiger partial charge is 0.454 e. The van der Waals surface area contributed by atoms with Gasteiger partial charge in [0.2, 0.25) is 17.8 Å². The molecule has 1 atom stereocenters. The second-order valence-corrected chi connectivity index (χ2v) is 9.14. The molecule has 9 nitrogen and oxygen atoms in total. The molecule has 33 heavy (non-hydrogen) atoms. The van der Waals surface area contributed by atoms with E-state index >= 15 is 0 Å². The van der Waals surface area contributed by atoms with Crippen LogP contribution in [0, 0.1) is 0 Å². The Morgan fingerprint density at radius 2 is 1.85 bits per heavy atom. The summed E-state index contributed by atoms with van der Waals surface area (Å²) in [5, 5.41) is 15.3. The van der Waals surface area contributed by atoms with Crippen LogP contribution < -0.4 is 20.1 Å². The fraction of sp³-hybridized carbons (Fsp3) is 0.238. The SMILES string of the molecule is O=C(Nc1nnc(-c2ccc3c(c2)OCO3)s1)[C@H]1CCCN1C(=O)Nc1c(Cl)cccc1Cl. The Hall–Kier alpha value is -3.08. The summed E-state index contributed by atoms with van der Waals surface area (Å²) < 4.78 is 10.7. The maximum absolute atomic E-state index is 12.9. The zero-order valence-electron chi connectivity index (χ0n) is 17.0. The number of hydrogen-bond donors (Lipinski definition) is 2. The van der Waals surface area contributed by atoms with Gasteiger partial charge < -0.3 is 19.7 Å². The van der Waals surface area contributed by atoms with Gasteiger partial charge in [-0.25, -0.2) is 4.79 Å². The van der Waals surface area contributed by atoms with Gasteiger partial charge in [-0.2, -0.15) is 0 Å². The van der Waals surface area contributed by atoms with Crippen molar-refractivity contribution < 1.29 is 19.1 Å². The monoisotopic (exact) mass is 505 g/mol. The molecule has 5 rings (SSSR count). The highest BCUT2D eigenvalue weighted by molar-refractivity contribution is 7.18. The van der Waals surface area contributed by atoms with Crippen LogP contribution in [-0.2, 0) is 4.79 Å². The Balaban J connectivity index is 1.26. The predicted molar refractivity (Wildman–Crippen MR) is 125 cm³/mol. The first-order chi connectivity index (χ1) is 16.0. The Bertz CT molecular complexity index is 1220. The topological polar surface area (TPSA) is 106 Å². The number of rotatable bonds is 4. The molecule has 3 aromatic rings. The van der Waals surface area contributed by atoms with E-state index in [2.05, 4.69) is 20.8 Å². The van der Waals surface area contributed by atoms with Gasteiger partial charge in [0.05, 0.1) is 15.7 Å². The lowest BCUT2D eigenvalue weighted by Crippen LogP contribution is -2.45. The minimum Gasteiger partial charge on any atom is -0.454 e. The number of fused-ring (bicyclic) bond motifs is 1. The van der Waals surface area contributed by atoms with Crippen LogP contribution in [0.5, 0.6) is 11.5 Å². The van der Waals surface area contributed by atoms with Gasteiger partial charge in [-0.15, -0.1) is 10.2 Å². The van der Waals surface area contributed by atoms with E-state index in [9.17, 15) is 9.59 Å². The molecule has 0 saturated carbocycles. The third-order valence-electron chi connectivity index (χ3n) is 5.29. The number of nitrogens with zero attached hydrogens (tertiary/aromatic N) is 3. The molecule has 0 spiro atoms. The van der Waals surface area contributed by atoms with E-state index in [1.54, 1.807) is 24.3 Å². The van der Waals surface area contributed by atoms with Crippen LogP contribution in [0.15, 0.2) is 36.4 Å². The van der Waals surface area contributed by atoms with Crippen LogP contribution in [0.2, 0.25) is 10.0 Å². The summed E-state index contributed by atoms with van der Waals surface area (Å²) in [4.78, 5) is 27.2. The van der Waals surface area contributed by atoms with Gasteiger partial charge in [-0.05, 0) is 43.2 Å². The highest BCUT2D eigenvalue weighted by atomic mass is 35.5. The molecule has 1 fully saturated rings. The van der Waals surface area contributed by atoms with Crippen LogP contribution in [-0.4, -0.2) is 46.4 Å². The van der Waals surface area contributed by atoms with E-state index in [-0.39, 0.29) is 12.7 Å². The number of amides is 3. The number of halogens is 2. The first kappa shape index (κ1) is 21.7. The quantitative estimate of drug-likeness (QED) is 0.523. The van der Waals surface area contributed by atoms with Gasteiger partial charge in [0.1, 0.15) is 11.0 Å². The second-order valence-electron chi connectivity index (χ2n) is 7.35. The van der Waals surface area contributed by atoms with Crippen molar-refractivity contribution in [3.05, 3.63) is 46.4 Å². The third kappa shape index (κ3) is 4.41. The summed E-state index contributed by atoms with van der Waals surface area (Å²) in [6, 6.07) is 9.32.